The van der Waals surface area contributed by atoms with Crippen molar-refractivity contribution in [1.29, 1.82) is 0 Å². The Balaban J connectivity index is 1.82. The molecule has 98 valence electrons. The molecule has 1 aliphatic heterocycles. The second kappa shape index (κ2) is 5.36. The summed E-state index contributed by atoms with van der Waals surface area (Å²) in [5.41, 5.74) is 0. The van der Waals surface area contributed by atoms with Gasteiger partial charge in [-0.15, -0.1) is 0 Å². The SMILES string of the molecule is O=C(Nc1nccc2ccccc12)C1CCOCC1. The van der Waals surface area contributed by atoms with Crippen molar-refractivity contribution in [2.24, 2.45) is 5.92 Å². The molecule has 2 heterocycles. The van der Waals surface area contributed by atoms with Gasteiger partial charge in [0.1, 0.15) is 5.82 Å². The Bertz CT molecular complexity index is 586. The average Bonchev–Trinajstić information content (AvgIpc) is 2.48. The van der Waals surface area contributed by atoms with E-state index in [-0.39, 0.29) is 11.8 Å². The number of nitrogens with zero attached hydrogens (tertiary/aromatic N) is 1. The van der Waals surface area contributed by atoms with Gasteiger partial charge >= 0.3 is 0 Å². The molecule has 1 aromatic carbocycles. The predicted molar refractivity (Wildman–Crippen MR) is 73.9 cm³/mol. The number of pyridine rings is 1. The second-order valence-corrected chi connectivity index (χ2v) is 4.76. The quantitative estimate of drug-likeness (QED) is 0.898. The lowest BCUT2D eigenvalue weighted by atomic mass is 9.99. The number of hydrogen-bond acceptors (Lipinski definition) is 3. The van der Waals surface area contributed by atoms with Crippen LogP contribution in [-0.2, 0) is 9.53 Å². The third kappa shape index (κ3) is 2.58. The van der Waals surface area contributed by atoms with Crippen LogP contribution in [0.2, 0.25) is 0 Å². The van der Waals surface area contributed by atoms with E-state index in [1.807, 2.05) is 30.3 Å². The third-order valence-electron chi connectivity index (χ3n) is 3.51. The molecule has 0 saturated carbocycles. The van der Waals surface area contributed by atoms with Crippen LogP contribution in [0.1, 0.15) is 12.8 Å². The van der Waals surface area contributed by atoms with Gasteiger partial charge in [-0.1, -0.05) is 24.3 Å². The Morgan fingerprint density at radius 3 is 2.84 bits per heavy atom. The van der Waals surface area contributed by atoms with Gasteiger partial charge in [0.2, 0.25) is 5.91 Å². The van der Waals surface area contributed by atoms with E-state index in [0.717, 1.165) is 23.6 Å². The molecular formula is C15H16N2O2. The third-order valence-corrected chi connectivity index (χ3v) is 3.51. The highest BCUT2D eigenvalue weighted by atomic mass is 16.5. The smallest absolute Gasteiger partial charge is 0.228 e. The van der Waals surface area contributed by atoms with E-state index >= 15 is 0 Å². The molecule has 1 aromatic heterocycles. The molecule has 4 heteroatoms. The van der Waals surface area contributed by atoms with Crippen molar-refractivity contribution < 1.29 is 9.53 Å². The molecular weight excluding hydrogens is 240 g/mol. The van der Waals surface area contributed by atoms with Crippen molar-refractivity contribution in [2.45, 2.75) is 12.8 Å². The van der Waals surface area contributed by atoms with Crippen molar-refractivity contribution >= 4 is 22.5 Å². The molecule has 0 unspecified atom stereocenters. The van der Waals surface area contributed by atoms with E-state index in [4.69, 9.17) is 4.74 Å². The van der Waals surface area contributed by atoms with E-state index in [1.165, 1.54) is 0 Å². The van der Waals surface area contributed by atoms with Gasteiger partial charge in [0.05, 0.1) is 0 Å². The molecule has 2 aromatic rings. The number of rotatable bonds is 2. The van der Waals surface area contributed by atoms with E-state index in [9.17, 15) is 4.79 Å². The highest BCUT2D eigenvalue weighted by Crippen LogP contribution is 2.22. The Kier molecular flexibility index (Phi) is 3.42. The van der Waals surface area contributed by atoms with Gasteiger partial charge in [-0.3, -0.25) is 4.79 Å². The number of amides is 1. The maximum atomic E-state index is 12.2. The number of carbonyl (C=O) groups is 1. The van der Waals surface area contributed by atoms with Gasteiger partial charge in [-0.25, -0.2) is 4.98 Å². The molecule has 0 radical (unpaired) electrons. The van der Waals surface area contributed by atoms with Gasteiger partial charge in [-0.05, 0) is 24.3 Å². The first-order chi connectivity index (χ1) is 9.34. The van der Waals surface area contributed by atoms with Gasteiger partial charge < -0.3 is 10.1 Å². The summed E-state index contributed by atoms with van der Waals surface area (Å²) < 4.78 is 5.27. The van der Waals surface area contributed by atoms with Crippen molar-refractivity contribution in [3.63, 3.8) is 0 Å². The fourth-order valence-corrected chi connectivity index (χ4v) is 2.40. The molecule has 0 aliphatic carbocycles. The number of fused-ring (bicyclic) bond motifs is 1. The van der Waals surface area contributed by atoms with Crippen LogP contribution in [0.25, 0.3) is 10.8 Å². The van der Waals surface area contributed by atoms with Crippen LogP contribution < -0.4 is 5.32 Å². The highest BCUT2D eigenvalue weighted by molar-refractivity contribution is 6.01. The predicted octanol–water partition coefficient (Wildman–Crippen LogP) is 2.60. The lowest BCUT2D eigenvalue weighted by Gasteiger charge is -2.21. The monoisotopic (exact) mass is 256 g/mol. The summed E-state index contributed by atoms with van der Waals surface area (Å²) in [4.78, 5) is 16.5. The Labute approximate surface area is 111 Å². The first-order valence-electron chi connectivity index (χ1n) is 6.57. The normalized spacial score (nSPS) is 16.4. The van der Waals surface area contributed by atoms with Crippen LogP contribution in [-0.4, -0.2) is 24.1 Å². The lowest BCUT2D eigenvalue weighted by molar-refractivity contribution is -0.122. The Morgan fingerprint density at radius 2 is 2.00 bits per heavy atom. The van der Waals surface area contributed by atoms with E-state index < -0.39 is 0 Å². The van der Waals surface area contributed by atoms with Crippen molar-refractivity contribution in [1.82, 2.24) is 4.98 Å². The van der Waals surface area contributed by atoms with Crippen molar-refractivity contribution in [3.8, 4) is 0 Å². The van der Waals surface area contributed by atoms with Gasteiger partial charge in [0, 0.05) is 30.7 Å². The molecule has 19 heavy (non-hydrogen) atoms. The first kappa shape index (κ1) is 12.1. The highest BCUT2D eigenvalue weighted by Gasteiger charge is 2.22. The zero-order valence-corrected chi connectivity index (χ0v) is 10.6. The lowest BCUT2D eigenvalue weighted by Crippen LogP contribution is -2.28. The maximum absolute atomic E-state index is 12.2. The topological polar surface area (TPSA) is 51.2 Å². The van der Waals surface area contributed by atoms with E-state index in [1.54, 1.807) is 6.20 Å². The Morgan fingerprint density at radius 1 is 1.21 bits per heavy atom. The molecule has 1 fully saturated rings. The zero-order chi connectivity index (χ0) is 13.1. The molecule has 0 atom stereocenters. The van der Waals surface area contributed by atoms with Crippen molar-refractivity contribution in [2.75, 3.05) is 18.5 Å². The van der Waals surface area contributed by atoms with Crippen LogP contribution in [0.5, 0.6) is 0 Å². The summed E-state index contributed by atoms with van der Waals surface area (Å²) in [6.07, 6.45) is 3.30. The number of nitrogens with one attached hydrogen (secondary N) is 1. The minimum Gasteiger partial charge on any atom is -0.381 e. The fourth-order valence-electron chi connectivity index (χ4n) is 2.40. The fraction of sp³-hybridized carbons (Fsp3) is 0.333. The zero-order valence-electron chi connectivity index (χ0n) is 10.6. The van der Waals surface area contributed by atoms with Crippen LogP contribution >= 0.6 is 0 Å². The van der Waals surface area contributed by atoms with E-state index in [0.29, 0.717) is 19.0 Å². The molecule has 4 nitrogen and oxygen atoms in total. The number of benzene rings is 1. The molecule has 1 saturated heterocycles. The van der Waals surface area contributed by atoms with Crippen LogP contribution in [0.4, 0.5) is 5.82 Å². The summed E-state index contributed by atoms with van der Waals surface area (Å²) in [7, 11) is 0. The molecule has 1 amide bonds. The average molecular weight is 256 g/mol. The van der Waals surface area contributed by atoms with Crippen LogP contribution in [0, 0.1) is 5.92 Å². The number of ether oxygens (including phenoxy) is 1. The number of aromatic nitrogens is 1. The standard InChI is InChI=1S/C15H16N2O2/c18-15(12-6-9-19-10-7-12)17-14-13-4-2-1-3-11(13)5-8-16-14/h1-5,8,12H,6-7,9-10H2,(H,16,17,18). The summed E-state index contributed by atoms with van der Waals surface area (Å²) in [5, 5.41) is 5.01. The summed E-state index contributed by atoms with van der Waals surface area (Å²) in [5.74, 6) is 0.733. The van der Waals surface area contributed by atoms with Gasteiger partial charge in [0.25, 0.3) is 0 Å². The summed E-state index contributed by atoms with van der Waals surface area (Å²) >= 11 is 0. The molecule has 3 rings (SSSR count). The maximum Gasteiger partial charge on any atom is 0.228 e. The summed E-state index contributed by atoms with van der Waals surface area (Å²) in [6.45, 7) is 1.34. The number of anilines is 1. The van der Waals surface area contributed by atoms with E-state index in [2.05, 4.69) is 10.3 Å². The Hall–Kier alpha value is -1.94. The minimum atomic E-state index is 0.0366. The molecule has 1 aliphatic rings. The summed E-state index contributed by atoms with van der Waals surface area (Å²) in [6, 6.07) is 9.86. The largest absolute Gasteiger partial charge is 0.381 e. The second-order valence-electron chi connectivity index (χ2n) is 4.76. The van der Waals surface area contributed by atoms with Gasteiger partial charge in [0.15, 0.2) is 0 Å². The van der Waals surface area contributed by atoms with Gasteiger partial charge in [-0.2, -0.15) is 0 Å². The van der Waals surface area contributed by atoms with Crippen LogP contribution in [0.15, 0.2) is 36.5 Å². The number of hydrogen-bond donors (Lipinski definition) is 1. The molecule has 0 spiro atoms. The number of carbonyl (C=O) groups excluding carboxylic acids is 1. The molecule has 1 N–H and O–H groups in total. The first-order valence-corrected chi connectivity index (χ1v) is 6.57. The van der Waals surface area contributed by atoms with Crippen LogP contribution in [0.3, 0.4) is 0 Å². The molecule has 0 bridgehead atoms. The van der Waals surface area contributed by atoms with Crippen molar-refractivity contribution in [3.05, 3.63) is 36.5 Å². The minimum absolute atomic E-state index is 0.0366.